The summed E-state index contributed by atoms with van der Waals surface area (Å²) < 4.78 is 18.3. The summed E-state index contributed by atoms with van der Waals surface area (Å²) in [6, 6.07) is 3.11. The molecule has 0 atom stereocenters. The summed E-state index contributed by atoms with van der Waals surface area (Å²) >= 11 is 0. The fraction of sp³-hybridized carbons (Fsp3) is 0.435. The van der Waals surface area contributed by atoms with E-state index in [1.807, 2.05) is 13.8 Å². The lowest BCUT2D eigenvalue weighted by atomic mass is 10.2. The van der Waals surface area contributed by atoms with Crippen molar-refractivity contribution < 1.29 is 23.5 Å². The zero-order chi connectivity index (χ0) is 24.8. The topological polar surface area (TPSA) is 138 Å². The van der Waals surface area contributed by atoms with Crippen LogP contribution in [0.1, 0.15) is 46.3 Å². The number of ether oxygens (including phenoxy) is 2. The van der Waals surface area contributed by atoms with Crippen molar-refractivity contribution in [1.29, 1.82) is 0 Å². The molecule has 11 heteroatoms. The first-order valence-electron chi connectivity index (χ1n) is 11.3. The molecule has 0 aliphatic carbocycles. The van der Waals surface area contributed by atoms with E-state index in [0.29, 0.717) is 25.9 Å². The molecular weight excluding hydrogens is 444 g/mol. The number of H-pyrrole nitrogens is 1. The molecule has 3 aromatic heterocycles. The van der Waals surface area contributed by atoms with Crippen LogP contribution in [-0.2, 0) is 32.2 Å². The van der Waals surface area contributed by atoms with Gasteiger partial charge in [0, 0.05) is 19.2 Å². The quantitative estimate of drug-likeness (QED) is 0.206. The molecule has 3 aromatic rings. The largest absolute Gasteiger partial charge is 0.462 e. The molecule has 0 unspecified atom stereocenters. The number of rotatable bonds is 10. The molecule has 11 nitrogen and oxygen atoms in total. The number of hydrogen-bond acceptors (Lipinski definition) is 8. The van der Waals surface area contributed by atoms with E-state index in [2.05, 4.69) is 9.97 Å². The molecule has 0 aromatic carbocycles. The van der Waals surface area contributed by atoms with E-state index in [0.717, 1.165) is 0 Å². The number of aromatic nitrogens is 4. The number of aromatic amines is 1. The lowest BCUT2D eigenvalue weighted by Gasteiger charge is -2.09. The van der Waals surface area contributed by atoms with Gasteiger partial charge in [0.2, 0.25) is 0 Å². The Hall–Kier alpha value is -3.89. The van der Waals surface area contributed by atoms with Crippen LogP contribution in [0.2, 0.25) is 0 Å². The lowest BCUT2D eigenvalue weighted by Crippen LogP contribution is -2.40. The van der Waals surface area contributed by atoms with Crippen LogP contribution < -0.4 is 11.2 Å². The second-order valence-corrected chi connectivity index (χ2v) is 7.38. The maximum absolute atomic E-state index is 12.9. The van der Waals surface area contributed by atoms with Crippen molar-refractivity contribution in [1.82, 2.24) is 19.1 Å². The van der Waals surface area contributed by atoms with Gasteiger partial charge in [0.25, 0.3) is 5.56 Å². The monoisotopic (exact) mass is 472 g/mol. The van der Waals surface area contributed by atoms with Gasteiger partial charge in [-0.1, -0.05) is 13.8 Å². The molecule has 0 saturated carbocycles. The summed E-state index contributed by atoms with van der Waals surface area (Å²) in [6.45, 7) is 7.94. The molecule has 0 bridgehead atoms. The Morgan fingerprint density at radius 2 is 1.62 bits per heavy atom. The first kappa shape index (κ1) is 24.7. The van der Waals surface area contributed by atoms with Crippen LogP contribution >= 0.6 is 0 Å². The van der Waals surface area contributed by atoms with E-state index in [4.69, 9.17) is 13.9 Å². The number of nitrogens with one attached hydrogen (secondary N) is 1. The summed E-state index contributed by atoms with van der Waals surface area (Å²) in [6.07, 6.45) is 2.54. The van der Waals surface area contributed by atoms with Crippen molar-refractivity contribution in [3.8, 4) is 11.6 Å². The molecule has 1 N–H and O–H groups in total. The highest BCUT2D eigenvalue weighted by atomic mass is 16.6. The molecule has 0 saturated heterocycles. The molecule has 3 rings (SSSR count). The Kier molecular flexibility index (Phi) is 7.87. The molecule has 0 fully saturated rings. The van der Waals surface area contributed by atoms with E-state index in [1.165, 1.54) is 21.3 Å². The number of nitrogens with zero attached hydrogens (tertiary/aromatic N) is 3. The maximum Gasteiger partial charge on any atom is 0.345 e. The van der Waals surface area contributed by atoms with Gasteiger partial charge in [-0.2, -0.15) is 0 Å². The molecule has 0 aliphatic rings. The van der Waals surface area contributed by atoms with E-state index < -0.39 is 23.2 Å². The second-order valence-electron chi connectivity index (χ2n) is 7.38. The van der Waals surface area contributed by atoms with Crippen molar-refractivity contribution in [3.63, 3.8) is 0 Å². The molecular formula is C23H28N4O7. The summed E-state index contributed by atoms with van der Waals surface area (Å²) in [5.74, 6) is -0.989. The minimum Gasteiger partial charge on any atom is -0.462 e. The molecule has 0 spiro atoms. The average Bonchev–Trinajstić information content (AvgIpc) is 3.45. The number of imidazole rings is 1. The third-order valence-electron chi connectivity index (χ3n) is 4.89. The average molecular weight is 472 g/mol. The third-order valence-corrected chi connectivity index (χ3v) is 4.89. The zero-order valence-electron chi connectivity index (χ0n) is 19.7. The number of carbonyl (C=O) groups excluding carboxylic acids is 2. The predicted octanol–water partition coefficient (Wildman–Crippen LogP) is 2.48. The zero-order valence-corrected chi connectivity index (χ0v) is 19.7. The lowest BCUT2D eigenvalue weighted by molar-refractivity contribution is -0.146. The van der Waals surface area contributed by atoms with Crippen LogP contribution in [0.3, 0.4) is 0 Å². The van der Waals surface area contributed by atoms with Crippen LogP contribution in [-0.4, -0.2) is 44.3 Å². The van der Waals surface area contributed by atoms with E-state index in [1.54, 1.807) is 19.9 Å². The SMILES string of the molecule is CCCn1c(=O)c2[nH]c(-c3ccc(C=C(C(=O)OCC)C(=O)OCC)o3)nc2n(CCC)c1=O. The fourth-order valence-electron chi connectivity index (χ4n) is 3.45. The molecule has 34 heavy (non-hydrogen) atoms. The van der Waals surface area contributed by atoms with Gasteiger partial charge >= 0.3 is 17.6 Å². The summed E-state index contributed by atoms with van der Waals surface area (Å²) in [5, 5.41) is 0. The van der Waals surface area contributed by atoms with Gasteiger partial charge in [0.15, 0.2) is 22.7 Å². The number of furan rings is 1. The highest BCUT2D eigenvalue weighted by Crippen LogP contribution is 2.23. The normalized spacial score (nSPS) is 10.9. The Balaban J connectivity index is 2.08. The Bertz CT molecular complexity index is 1320. The molecule has 3 heterocycles. The van der Waals surface area contributed by atoms with Gasteiger partial charge in [-0.3, -0.25) is 13.9 Å². The van der Waals surface area contributed by atoms with Gasteiger partial charge in [0.1, 0.15) is 11.3 Å². The van der Waals surface area contributed by atoms with Crippen molar-refractivity contribution in [2.75, 3.05) is 13.2 Å². The summed E-state index contributed by atoms with van der Waals surface area (Å²) in [7, 11) is 0. The maximum atomic E-state index is 12.9. The standard InChI is InChI=1S/C23H28N4O7/c1-5-11-26-19-17(20(28)27(12-6-2)23(26)31)24-18(25-19)16-10-9-14(34-16)13-15(21(29)32-7-3)22(30)33-8-4/h9-10,13H,5-8,11-12H2,1-4H3,(H,24,25). The number of carbonyl (C=O) groups is 2. The van der Waals surface area contributed by atoms with Crippen molar-refractivity contribution in [2.24, 2.45) is 0 Å². The second kappa shape index (κ2) is 10.8. The van der Waals surface area contributed by atoms with Crippen LogP contribution in [0.4, 0.5) is 0 Å². The van der Waals surface area contributed by atoms with Gasteiger partial charge in [-0.15, -0.1) is 0 Å². The fourth-order valence-corrected chi connectivity index (χ4v) is 3.45. The van der Waals surface area contributed by atoms with Crippen molar-refractivity contribution in [3.05, 3.63) is 44.3 Å². The number of fused-ring (bicyclic) bond motifs is 1. The van der Waals surface area contributed by atoms with E-state index in [-0.39, 0.29) is 47.3 Å². The Morgan fingerprint density at radius 3 is 2.21 bits per heavy atom. The number of esters is 2. The minimum atomic E-state index is -0.831. The molecule has 0 amide bonds. The number of aryl methyl sites for hydroxylation is 1. The van der Waals surface area contributed by atoms with Crippen LogP contribution in [0.5, 0.6) is 0 Å². The van der Waals surface area contributed by atoms with Crippen molar-refractivity contribution in [2.45, 2.75) is 53.6 Å². The highest BCUT2D eigenvalue weighted by Gasteiger charge is 2.23. The van der Waals surface area contributed by atoms with Crippen LogP contribution in [0, 0.1) is 0 Å². The smallest absolute Gasteiger partial charge is 0.345 e. The first-order chi connectivity index (χ1) is 16.4. The third kappa shape index (κ3) is 4.87. The predicted molar refractivity (Wildman–Crippen MR) is 124 cm³/mol. The first-order valence-corrected chi connectivity index (χ1v) is 11.3. The van der Waals surface area contributed by atoms with Gasteiger partial charge in [-0.25, -0.2) is 19.4 Å². The number of hydrogen-bond donors (Lipinski definition) is 1. The molecule has 0 radical (unpaired) electrons. The van der Waals surface area contributed by atoms with Crippen LogP contribution in [0.15, 0.2) is 31.7 Å². The molecule has 182 valence electrons. The van der Waals surface area contributed by atoms with Crippen molar-refractivity contribution >= 4 is 29.2 Å². The van der Waals surface area contributed by atoms with Gasteiger partial charge in [-0.05, 0) is 38.8 Å². The van der Waals surface area contributed by atoms with Gasteiger partial charge in [0.05, 0.1) is 13.2 Å². The summed E-state index contributed by atoms with van der Waals surface area (Å²) in [5.41, 5.74) is -0.731. The minimum absolute atomic E-state index is 0.0903. The molecule has 0 aliphatic heterocycles. The van der Waals surface area contributed by atoms with Crippen LogP contribution in [0.25, 0.3) is 28.8 Å². The summed E-state index contributed by atoms with van der Waals surface area (Å²) in [4.78, 5) is 57.5. The highest BCUT2D eigenvalue weighted by molar-refractivity contribution is 6.17. The van der Waals surface area contributed by atoms with Gasteiger partial charge < -0.3 is 18.9 Å². The Labute approximate surface area is 195 Å². The van der Waals surface area contributed by atoms with E-state index in [9.17, 15) is 19.2 Å². The van der Waals surface area contributed by atoms with E-state index >= 15 is 0 Å². The Morgan fingerprint density at radius 1 is 1.00 bits per heavy atom.